The van der Waals surface area contributed by atoms with Gasteiger partial charge in [-0.3, -0.25) is 4.79 Å². The molecule has 1 N–H and O–H groups in total. The molecule has 2 aliphatic rings. The molecule has 5 nitrogen and oxygen atoms in total. The van der Waals surface area contributed by atoms with Gasteiger partial charge in [-0.05, 0) is 61.3 Å². The number of amides is 1. The Labute approximate surface area is 183 Å². The van der Waals surface area contributed by atoms with E-state index >= 15 is 0 Å². The average Bonchev–Trinajstić information content (AvgIpc) is 3.56. The summed E-state index contributed by atoms with van der Waals surface area (Å²) in [5.74, 6) is 0.749. The molecule has 5 heteroatoms. The van der Waals surface area contributed by atoms with Crippen LogP contribution in [0.2, 0.25) is 0 Å². The molecule has 1 atom stereocenters. The van der Waals surface area contributed by atoms with Crippen LogP contribution in [-0.2, 0) is 0 Å². The van der Waals surface area contributed by atoms with Gasteiger partial charge in [0.05, 0.1) is 0 Å². The predicted octanol–water partition coefficient (Wildman–Crippen LogP) is 4.95. The molecule has 1 amide bonds. The third kappa shape index (κ3) is 4.18. The maximum Gasteiger partial charge on any atom is 0.254 e. The fourth-order valence-corrected chi connectivity index (χ4v) is 4.77. The van der Waals surface area contributed by atoms with Gasteiger partial charge in [0.25, 0.3) is 5.91 Å². The highest BCUT2D eigenvalue weighted by Gasteiger charge is 2.49. The standard InChI is InChI=1S/C26H28N4O/c1-19-11-15-27-25(29-19)28-18-21-17-26(12-13-26)14-16-30(21)24(31)23-10-6-5-9-22(23)20-7-3-2-4-8-20/h2-11,15,21H,12-14,16-18H2,1H3,(H,27,28,29). The lowest BCUT2D eigenvalue weighted by Crippen LogP contribution is -2.50. The Balaban J connectivity index is 1.40. The van der Waals surface area contributed by atoms with Crippen molar-refractivity contribution in [1.82, 2.24) is 14.9 Å². The van der Waals surface area contributed by atoms with Gasteiger partial charge in [0, 0.05) is 36.6 Å². The van der Waals surface area contributed by atoms with Crippen molar-refractivity contribution in [3.8, 4) is 11.1 Å². The second-order valence-electron chi connectivity index (χ2n) is 8.92. The molecule has 1 aliphatic heterocycles. The molecule has 1 spiro atoms. The maximum absolute atomic E-state index is 13.8. The summed E-state index contributed by atoms with van der Waals surface area (Å²) < 4.78 is 0. The van der Waals surface area contributed by atoms with E-state index < -0.39 is 0 Å². The van der Waals surface area contributed by atoms with Crippen molar-refractivity contribution in [3.05, 3.63) is 78.1 Å². The quantitative estimate of drug-likeness (QED) is 0.644. The Morgan fingerprint density at radius 3 is 2.61 bits per heavy atom. The summed E-state index contributed by atoms with van der Waals surface area (Å²) in [6.07, 6.45) is 6.49. The first-order valence-electron chi connectivity index (χ1n) is 11.1. The van der Waals surface area contributed by atoms with Gasteiger partial charge in [-0.25, -0.2) is 9.97 Å². The number of rotatable bonds is 5. The van der Waals surface area contributed by atoms with E-state index in [0.717, 1.165) is 41.8 Å². The average molecular weight is 413 g/mol. The summed E-state index contributed by atoms with van der Waals surface area (Å²) in [6, 6.07) is 20.2. The Kier molecular flexibility index (Phi) is 5.18. The Hall–Kier alpha value is -3.21. The van der Waals surface area contributed by atoms with Gasteiger partial charge in [0.15, 0.2) is 0 Å². The smallest absolute Gasteiger partial charge is 0.254 e. The van der Waals surface area contributed by atoms with Crippen LogP contribution >= 0.6 is 0 Å². The van der Waals surface area contributed by atoms with Crippen molar-refractivity contribution in [2.75, 3.05) is 18.4 Å². The van der Waals surface area contributed by atoms with Crippen LogP contribution in [-0.4, -0.2) is 39.9 Å². The van der Waals surface area contributed by atoms with Crippen LogP contribution < -0.4 is 5.32 Å². The van der Waals surface area contributed by atoms with Crippen molar-refractivity contribution in [2.45, 2.75) is 38.6 Å². The number of hydrogen-bond donors (Lipinski definition) is 1. The molecule has 0 radical (unpaired) electrons. The molecular weight excluding hydrogens is 384 g/mol. The van der Waals surface area contributed by atoms with E-state index in [0.29, 0.717) is 17.9 Å². The molecule has 1 aliphatic carbocycles. The molecule has 5 rings (SSSR count). The molecule has 0 bridgehead atoms. The lowest BCUT2D eigenvalue weighted by molar-refractivity contribution is 0.0546. The number of aromatic nitrogens is 2. The van der Waals surface area contributed by atoms with Crippen molar-refractivity contribution >= 4 is 11.9 Å². The third-order valence-corrected chi connectivity index (χ3v) is 6.74. The monoisotopic (exact) mass is 412 g/mol. The molecule has 3 aromatic rings. The minimum absolute atomic E-state index is 0.118. The summed E-state index contributed by atoms with van der Waals surface area (Å²) in [4.78, 5) is 24.6. The van der Waals surface area contributed by atoms with Crippen molar-refractivity contribution in [3.63, 3.8) is 0 Å². The van der Waals surface area contributed by atoms with Crippen LogP contribution in [0.1, 0.15) is 41.7 Å². The van der Waals surface area contributed by atoms with Gasteiger partial charge in [-0.2, -0.15) is 0 Å². The molecule has 1 unspecified atom stereocenters. The van der Waals surface area contributed by atoms with E-state index in [1.807, 2.05) is 55.5 Å². The molecule has 1 saturated carbocycles. The molecule has 2 fully saturated rings. The van der Waals surface area contributed by atoms with Crippen LogP contribution in [0.5, 0.6) is 0 Å². The molecule has 31 heavy (non-hydrogen) atoms. The lowest BCUT2D eigenvalue weighted by atomic mass is 9.87. The van der Waals surface area contributed by atoms with Gasteiger partial charge in [0.1, 0.15) is 0 Å². The summed E-state index contributed by atoms with van der Waals surface area (Å²) >= 11 is 0. The van der Waals surface area contributed by atoms with E-state index in [1.54, 1.807) is 6.20 Å². The Morgan fingerprint density at radius 2 is 1.84 bits per heavy atom. The summed E-state index contributed by atoms with van der Waals surface area (Å²) in [5.41, 5.74) is 4.22. The second kappa shape index (κ2) is 8.14. The van der Waals surface area contributed by atoms with E-state index in [2.05, 4.69) is 32.3 Å². The number of benzene rings is 2. The van der Waals surface area contributed by atoms with Gasteiger partial charge in [0.2, 0.25) is 5.95 Å². The largest absolute Gasteiger partial charge is 0.352 e. The number of carbonyl (C=O) groups excluding carboxylic acids is 1. The van der Waals surface area contributed by atoms with E-state index in [1.165, 1.54) is 12.8 Å². The third-order valence-electron chi connectivity index (χ3n) is 6.74. The van der Waals surface area contributed by atoms with Crippen LogP contribution in [0.4, 0.5) is 5.95 Å². The fourth-order valence-electron chi connectivity index (χ4n) is 4.77. The van der Waals surface area contributed by atoms with Gasteiger partial charge in [-0.15, -0.1) is 0 Å². The summed E-state index contributed by atoms with van der Waals surface area (Å²) in [6.45, 7) is 3.44. The molecule has 2 heterocycles. The highest BCUT2D eigenvalue weighted by Crippen LogP contribution is 2.55. The van der Waals surface area contributed by atoms with Crippen LogP contribution in [0.15, 0.2) is 66.9 Å². The number of aryl methyl sites for hydroxylation is 1. The summed E-state index contributed by atoms with van der Waals surface area (Å²) in [7, 11) is 0. The highest BCUT2D eigenvalue weighted by molar-refractivity contribution is 6.01. The zero-order valence-corrected chi connectivity index (χ0v) is 17.9. The number of carbonyl (C=O) groups is 1. The highest BCUT2D eigenvalue weighted by atomic mass is 16.2. The Bertz CT molecular complexity index is 1080. The zero-order valence-electron chi connectivity index (χ0n) is 17.9. The maximum atomic E-state index is 13.8. The molecule has 2 aromatic carbocycles. The van der Waals surface area contributed by atoms with E-state index in [-0.39, 0.29) is 11.9 Å². The van der Waals surface area contributed by atoms with Crippen molar-refractivity contribution in [1.29, 1.82) is 0 Å². The summed E-state index contributed by atoms with van der Waals surface area (Å²) in [5, 5.41) is 3.39. The van der Waals surface area contributed by atoms with Crippen molar-refractivity contribution in [2.24, 2.45) is 5.41 Å². The molecular formula is C26H28N4O. The van der Waals surface area contributed by atoms with Gasteiger partial charge < -0.3 is 10.2 Å². The minimum atomic E-state index is 0.118. The zero-order chi connectivity index (χ0) is 21.3. The van der Waals surface area contributed by atoms with Crippen molar-refractivity contribution < 1.29 is 4.79 Å². The number of nitrogens with one attached hydrogen (secondary N) is 1. The molecule has 1 saturated heterocycles. The second-order valence-corrected chi connectivity index (χ2v) is 8.92. The first-order chi connectivity index (χ1) is 15.1. The number of likely N-dealkylation sites (tertiary alicyclic amines) is 1. The van der Waals surface area contributed by atoms with E-state index in [9.17, 15) is 4.79 Å². The van der Waals surface area contributed by atoms with Gasteiger partial charge >= 0.3 is 0 Å². The van der Waals surface area contributed by atoms with E-state index in [4.69, 9.17) is 0 Å². The SMILES string of the molecule is Cc1ccnc(NCC2CC3(CCN2C(=O)c2ccccc2-c2ccccc2)CC3)n1. The van der Waals surface area contributed by atoms with Crippen LogP contribution in [0.25, 0.3) is 11.1 Å². The number of hydrogen-bond acceptors (Lipinski definition) is 4. The fraction of sp³-hybridized carbons (Fsp3) is 0.346. The molecule has 1 aromatic heterocycles. The lowest BCUT2D eigenvalue weighted by Gasteiger charge is -2.40. The topological polar surface area (TPSA) is 58.1 Å². The predicted molar refractivity (Wildman–Crippen MR) is 123 cm³/mol. The number of piperidine rings is 1. The Morgan fingerprint density at radius 1 is 1.06 bits per heavy atom. The van der Waals surface area contributed by atoms with Gasteiger partial charge in [-0.1, -0.05) is 48.5 Å². The normalized spacial score (nSPS) is 19.3. The molecule has 158 valence electrons. The number of nitrogens with zero attached hydrogens (tertiary/aromatic N) is 3. The first kappa shape index (κ1) is 19.7. The minimum Gasteiger partial charge on any atom is -0.352 e. The first-order valence-corrected chi connectivity index (χ1v) is 11.1. The number of anilines is 1. The van der Waals surface area contributed by atoms with Crippen LogP contribution in [0, 0.1) is 12.3 Å². The van der Waals surface area contributed by atoms with Crippen LogP contribution in [0.3, 0.4) is 0 Å².